The maximum atomic E-state index is 13.8. The van der Waals surface area contributed by atoms with Gasteiger partial charge in [-0.25, -0.2) is 8.42 Å². The largest absolute Gasteiger partial charge is 0.354 e. The van der Waals surface area contributed by atoms with Crippen LogP contribution in [0, 0.1) is 12.8 Å². The van der Waals surface area contributed by atoms with Crippen LogP contribution in [0.3, 0.4) is 0 Å². The Morgan fingerprint density at radius 2 is 1.41 bits per heavy atom. The number of para-hydroxylation sites is 1. The number of rotatable bonds is 11. The van der Waals surface area contributed by atoms with E-state index >= 15 is 0 Å². The molecule has 0 spiro atoms. The molecule has 0 saturated heterocycles. The van der Waals surface area contributed by atoms with Crippen LogP contribution in [0.15, 0.2) is 89.8 Å². The Morgan fingerprint density at radius 1 is 0.838 bits per heavy atom. The van der Waals surface area contributed by atoms with Crippen molar-refractivity contribution in [2.45, 2.75) is 45.2 Å². The third kappa shape index (κ3) is 7.43. The minimum absolute atomic E-state index is 0.0828. The van der Waals surface area contributed by atoms with E-state index in [1.165, 1.54) is 17.0 Å². The molecule has 7 nitrogen and oxygen atoms in total. The van der Waals surface area contributed by atoms with E-state index in [2.05, 4.69) is 5.32 Å². The van der Waals surface area contributed by atoms with Crippen LogP contribution in [0.25, 0.3) is 0 Å². The summed E-state index contributed by atoms with van der Waals surface area (Å²) in [6, 6.07) is 23.4. The van der Waals surface area contributed by atoms with Gasteiger partial charge in [-0.05, 0) is 49.6 Å². The van der Waals surface area contributed by atoms with Gasteiger partial charge in [-0.3, -0.25) is 13.9 Å². The van der Waals surface area contributed by atoms with E-state index in [-0.39, 0.29) is 23.3 Å². The molecule has 0 heterocycles. The Hall–Kier alpha value is -3.65. The van der Waals surface area contributed by atoms with Gasteiger partial charge in [0.25, 0.3) is 10.0 Å². The molecule has 0 fully saturated rings. The lowest BCUT2D eigenvalue weighted by Gasteiger charge is -2.32. The Kier molecular flexibility index (Phi) is 9.47. The molecule has 1 atom stereocenters. The van der Waals surface area contributed by atoms with Crippen LogP contribution in [0.1, 0.15) is 31.9 Å². The highest BCUT2D eigenvalue weighted by atomic mass is 32.2. The van der Waals surface area contributed by atoms with Gasteiger partial charge in [0.05, 0.1) is 10.6 Å². The van der Waals surface area contributed by atoms with Crippen molar-refractivity contribution in [1.82, 2.24) is 10.2 Å². The smallest absolute Gasteiger partial charge is 0.264 e. The van der Waals surface area contributed by atoms with E-state index in [0.717, 1.165) is 15.4 Å². The fraction of sp³-hybridized carbons (Fsp3) is 0.310. The monoisotopic (exact) mass is 521 g/mol. The topological polar surface area (TPSA) is 86.8 Å². The van der Waals surface area contributed by atoms with Crippen LogP contribution >= 0.6 is 0 Å². The molecule has 3 rings (SSSR count). The van der Waals surface area contributed by atoms with Crippen molar-refractivity contribution in [2.75, 3.05) is 17.4 Å². The predicted molar refractivity (Wildman–Crippen MR) is 146 cm³/mol. The standard InChI is InChI=1S/C29H35N3O4S/c1-22(2)19-30-29(34)24(4)31(20-25-17-15-23(3)16-18-25)28(33)21-32(26-11-7-5-8-12-26)37(35,36)27-13-9-6-10-14-27/h5-18,22,24H,19-21H2,1-4H3,(H,30,34)/t24-/m1/s1. The van der Waals surface area contributed by atoms with E-state index in [9.17, 15) is 18.0 Å². The summed E-state index contributed by atoms with van der Waals surface area (Å²) >= 11 is 0. The highest BCUT2D eigenvalue weighted by molar-refractivity contribution is 7.92. The van der Waals surface area contributed by atoms with E-state index in [1.807, 2.05) is 45.0 Å². The second kappa shape index (κ2) is 12.5. The molecule has 3 aromatic rings. The number of hydrogen-bond donors (Lipinski definition) is 1. The summed E-state index contributed by atoms with van der Waals surface area (Å²) in [7, 11) is -4.04. The highest BCUT2D eigenvalue weighted by Crippen LogP contribution is 2.24. The van der Waals surface area contributed by atoms with Crippen LogP contribution in [0.5, 0.6) is 0 Å². The molecule has 0 aromatic heterocycles. The van der Waals surface area contributed by atoms with Gasteiger partial charge in [-0.2, -0.15) is 0 Å². The lowest BCUT2D eigenvalue weighted by Crippen LogP contribution is -2.51. The molecule has 0 aliphatic rings. The molecular formula is C29H35N3O4S. The molecular weight excluding hydrogens is 486 g/mol. The molecule has 0 bridgehead atoms. The predicted octanol–water partition coefficient (Wildman–Crippen LogP) is 4.38. The number of hydrogen-bond acceptors (Lipinski definition) is 4. The van der Waals surface area contributed by atoms with Gasteiger partial charge in [0.2, 0.25) is 11.8 Å². The van der Waals surface area contributed by atoms with Gasteiger partial charge >= 0.3 is 0 Å². The minimum atomic E-state index is -4.04. The number of benzene rings is 3. The number of nitrogens with zero attached hydrogens (tertiary/aromatic N) is 2. The zero-order chi connectivity index (χ0) is 27.0. The van der Waals surface area contributed by atoms with Crippen molar-refractivity contribution < 1.29 is 18.0 Å². The SMILES string of the molecule is Cc1ccc(CN(C(=O)CN(c2ccccc2)S(=O)(=O)c2ccccc2)[C@H](C)C(=O)NCC(C)C)cc1. The summed E-state index contributed by atoms with van der Waals surface area (Å²) in [4.78, 5) is 28.3. The van der Waals surface area contributed by atoms with Crippen molar-refractivity contribution in [1.29, 1.82) is 0 Å². The molecule has 0 aliphatic heterocycles. The van der Waals surface area contributed by atoms with Gasteiger partial charge in [0, 0.05) is 13.1 Å². The maximum Gasteiger partial charge on any atom is 0.264 e. The number of sulfonamides is 1. The van der Waals surface area contributed by atoms with E-state index in [1.54, 1.807) is 55.5 Å². The van der Waals surface area contributed by atoms with Gasteiger partial charge in [0.1, 0.15) is 12.6 Å². The Bertz CT molecular complexity index is 1280. The third-order valence-corrected chi connectivity index (χ3v) is 7.77. The summed E-state index contributed by atoms with van der Waals surface area (Å²) in [6.07, 6.45) is 0. The maximum absolute atomic E-state index is 13.8. The zero-order valence-electron chi connectivity index (χ0n) is 21.8. The third-order valence-electron chi connectivity index (χ3n) is 5.98. The molecule has 3 aromatic carbocycles. The zero-order valence-corrected chi connectivity index (χ0v) is 22.6. The fourth-order valence-corrected chi connectivity index (χ4v) is 5.20. The molecule has 37 heavy (non-hydrogen) atoms. The van der Waals surface area contributed by atoms with E-state index in [4.69, 9.17) is 0 Å². The lowest BCUT2D eigenvalue weighted by molar-refractivity contribution is -0.139. The Balaban J connectivity index is 1.96. The number of anilines is 1. The number of aryl methyl sites for hydroxylation is 1. The van der Waals surface area contributed by atoms with Gasteiger partial charge in [-0.1, -0.05) is 80.1 Å². The molecule has 0 radical (unpaired) electrons. The number of amides is 2. The second-order valence-electron chi connectivity index (χ2n) is 9.48. The summed E-state index contributed by atoms with van der Waals surface area (Å²) < 4.78 is 28.4. The first kappa shape index (κ1) is 27.9. The van der Waals surface area contributed by atoms with Crippen LogP contribution in [0.2, 0.25) is 0 Å². The molecule has 0 aliphatic carbocycles. The second-order valence-corrected chi connectivity index (χ2v) is 11.3. The minimum Gasteiger partial charge on any atom is -0.354 e. The first-order valence-corrected chi connectivity index (χ1v) is 13.8. The summed E-state index contributed by atoms with van der Waals surface area (Å²) in [5.74, 6) is -0.510. The average molecular weight is 522 g/mol. The first-order chi connectivity index (χ1) is 17.6. The molecule has 196 valence electrons. The van der Waals surface area contributed by atoms with E-state index in [0.29, 0.717) is 12.2 Å². The van der Waals surface area contributed by atoms with E-state index < -0.39 is 28.5 Å². The van der Waals surface area contributed by atoms with Gasteiger partial charge in [0.15, 0.2) is 0 Å². The fourth-order valence-electron chi connectivity index (χ4n) is 3.77. The van der Waals surface area contributed by atoms with Crippen molar-refractivity contribution in [3.8, 4) is 0 Å². The molecule has 2 amide bonds. The highest BCUT2D eigenvalue weighted by Gasteiger charge is 2.32. The van der Waals surface area contributed by atoms with Crippen LogP contribution in [-0.2, 0) is 26.2 Å². The normalized spacial score (nSPS) is 12.1. The van der Waals surface area contributed by atoms with Crippen molar-refractivity contribution in [2.24, 2.45) is 5.92 Å². The first-order valence-electron chi connectivity index (χ1n) is 12.3. The number of carbonyl (C=O) groups excluding carboxylic acids is 2. The Morgan fingerprint density at radius 3 is 1.97 bits per heavy atom. The van der Waals surface area contributed by atoms with Crippen LogP contribution < -0.4 is 9.62 Å². The van der Waals surface area contributed by atoms with Crippen molar-refractivity contribution in [3.05, 3.63) is 96.1 Å². The summed E-state index contributed by atoms with van der Waals surface area (Å²) in [5, 5.41) is 2.89. The van der Waals surface area contributed by atoms with Crippen molar-refractivity contribution in [3.63, 3.8) is 0 Å². The van der Waals surface area contributed by atoms with Gasteiger partial charge in [-0.15, -0.1) is 0 Å². The Labute approximate surface area is 220 Å². The number of nitrogens with one attached hydrogen (secondary N) is 1. The van der Waals surface area contributed by atoms with Crippen LogP contribution in [-0.4, -0.2) is 44.3 Å². The van der Waals surface area contributed by atoms with Crippen molar-refractivity contribution >= 4 is 27.5 Å². The summed E-state index contributed by atoms with van der Waals surface area (Å²) in [6.45, 7) is 7.83. The van der Waals surface area contributed by atoms with Crippen LogP contribution in [0.4, 0.5) is 5.69 Å². The molecule has 1 N–H and O–H groups in total. The quantitative estimate of drug-likeness (QED) is 0.406. The lowest BCUT2D eigenvalue weighted by atomic mass is 10.1. The molecule has 0 unspecified atom stereocenters. The summed E-state index contributed by atoms with van der Waals surface area (Å²) in [5.41, 5.74) is 2.29. The molecule has 0 saturated carbocycles. The van der Waals surface area contributed by atoms with Gasteiger partial charge < -0.3 is 10.2 Å². The number of carbonyl (C=O) groups is 2. The molecule has 8 heteroatoms. The average Bonchev–Trinajstić information content (AvgIpc) is 2.90.